The van der Waals surface area contributed by atoms with Gasteiger partial charge in [-0.15, -0.1) is 0 Å². The van der Waals surface area contributed by atoms with Gasteiger partial charge >= 0.3 is 6.18 Å². The number of anilines is 1. The Morgan fingerprint density at radius 3 is 2.03 bits per heavy atom. The largest absolute Gasteiger partial charge is 0.416 e. The number of rotatable bonds is 4. The molecule has 2 aromatic carbocycles. The van der Waals surface area contributed by atoms with Crippen LogP contribution >= 0.6 is 0 Å². The smallest absolute Gasteiger partial charge is 0.280 e. The molecular formula is C20H20F3N3O2S. The van der Waals surface area contributed by atoms with Crippen LogP contribution in [0.2, 0.25) is 0 Å². The number of para-hydroxylation sites is 1. The molecular weight excluding hydrogens is 403 g/mol. The van der Waals surface area contributed by atoms with Crippen molar-refractivity contribution in [1.29, 1.82) is 0 Å². The number of hydrogen-bond donors (Lipinski definition) is 1. The van der Waals surface area contributed by atoms with Crippen molar-refractivity contribution in [2.24, 2.45) is 0 Å². The first-order valence-electron chi connectivity index (χ1n) is 8.73. The topological polar surface area (TPSA) is 64.0 Å². The quantitative estimate of drug-likeness (QED) is 0.643. The van der Waals surface area contributed by atoms with Crippen LogP contribution in [-0.4, -0.2) is 18.2 Å². The fraction of sp³-hybridized carbons (Fsp3) is 0.250. The van der Waals surface area contributed by atoms with Crippen molar-refractivity contribution in [2.75, 3.05) is 4.72 Å². The maximum absolute atomic E-state index is 13.0. The molecule has 0 aliphatic rings. The van der Waals surface area contributed by atoms with Crippen LogP contribution in [0, 0.1) is 0 Å². The van der Waals surface area contributed by atoms with E-state index in [0.717, 1.165) is 24.3 Å². The third-order valence-electron chi connectivity index (χ3n) is 4.17. The van der Waals surface area contributed by atoms with Crippen molar-refractivity contribution in [3.05, 3.63) is 72.1 Å². The highest BCUT2D eigenvalue weighted by Gasteiger charge is 2.32. The Labute approximate surface area is 167 Å². The Morgan fingerprint density at radius 2 is 1.52 bits per heavy atom. The van der Waals surface area contributed by atoms with Crippen LogP contribution in [0.4, 0.5) is 18.9 Å². The Hall–Kier alpha value is -2.81. The van der Waals surface area contributed by atoms with Crippen LogP contribution in [-0.2, 0) is 21.6 Å². The summed E-state index contributed by atoms with van der Waals surface area (Å²) in [6.07, 6.45) is -3.09. The number of benzene rings is 2. The Balaban J connectivity index is 2.00. The van der Waals surface area contributed by atoms with Gasteiger partial charge in [-0.1, -0.05) is 39.0 Å². The number of aromatic nitrogens is 2. The number of nitrogens with zero attached hydrogens (tertiary/aromatic N) is 2. The SMILES string of the molecule is CC(C)(C)c1nn(-c2ccccc2)cc1S(=O)(=O)Nc1ccc(C(F)(F)F)cc1. The second-order valence-corrected chi connectivity index (χ2v) is 9.20. The van der Waals surface area contributed by atoms with Gasteiger partial charge in [0.1, 0.15) is 4.90 Å². The van der Waals surface area contributed by atoms with Crippen LogP contribution in [0.25, 0.3) is 5.69 Å². The highest BCUT2D eigenvalue weighted by atomic mass is 32.2. The molecule has 0 radical (unpaired) electrons. The molecule has 0 amide bonds. The predicted molar refractivity (Wildman–Crippen MR) is 105 cm³/mol. The highest BCUT2D eigenvalue weighted by molar-refractivity contribution is 7.92. The fourth-order valence-electron chi connectivity index (χ4n) is 2.72. The summed E-state index contributed by atoms with van der Waals surface area (Å²) in [5.41, 5.74) is -0.364. The number of sulfonamides is 1. The molecule has 1 N–H and O–H groups in total. The second-order valence-electron chi connectivity index (χ2n) is 7.55. The van der Waals surface area contributed by atoms with Crippen LogP contribution in [0.1, 0.15) is 32.0 Å². The van der Waals surface area contributed by atoms with Gasteiger partial charge in [-0.3, -0.25) is 4.72 Å². The van der Waals surface area contributed by atoms with Gasteiger partial charge in [-0.25, -0.2) is 13.1 Å². The predicted octanol–water partition coefficient (Wildman–Crippen LogP) is 4.99. The molecule has 29 heavy (non-hydrogen) atoms. The molecule has 1 heterocycles. The van der Waals surface area contributed by atoms with E-state index in [4.69, 9.17) is 0 Å². The van der Waals surface area contributed by atoms with Gasteiger partial charge in [-0.05, 0) is 36.4 Å². The van der Waals surface area contributed by atoms with Crippen LogP contribution in [0.15, 0.2) is 65.7 Å². The molecule has 0 aliphatic carbocycles. The summed E-state index contributed by atoms with van der Waals surface area (Å²) in [5, 5.41) is 4.45. The van der Waals surface area contributed by atoms with Crippen molar-refractivity contribution in [1.82, 2.24) is 9.78 Å². The summed E-state index contributed by atoms with van der Waals surface area (Å²) in [6.45, 7) is 5.51. The number of halogens is 3. The summed E-state index contributed by atoms with van der Waals surface area (Å²) in [5.74, 6) is 0. The lowest BCUT2D eigenvalue weighted by Gasteiger charge is -2.18. The molecule has 0 bridgehead atoms. The molecule has 0 fully saturated rings. The van der Waals surface area contributed by atoms with Crippen LogP contribution in [0.5, 0.6) is 0 Å². The molecule has 1 aromatic heterocycles. The van der Waals surface area contributed by atoms with Crippen molar-refractivity contribution in [3.8, 4) is 5.69 Å². The van der Waals surface area contributed by atoms with E-state index in [1.54, 1.807) is 12.1 Å². The lowest BCUT2D eigenvalue weighted by molar-refractivity contribution is -0.137. The first-order chi connectivity index (χ1) is 13.4. The third-order valence-corrected chi connectivity index (χ3v) is 5.55. The lowest BCUT2D eigenvalue weighted by atomic mass is 9.92. The normalized spacial score (nSPS) is 12.8. The monoisotopic (exact) mass is 423 g/mol. The molecule has 3 rings (SSSR count). The fourth-order valence-corrected chi connectivity index (χ4v) is 4.12. The van der Waals surface area contributed by atoms with Crippen molar-refractivity contribution >= 4 is 15.7 Å². The maximum atomic E-state index is 13.0. The average Bonchev–Trinajstić information content (AvgIpc) is 3.09. The molecule has 0 saturated heterocycles. The highest BCUT2D eigenvalue weighted by Crippen LogP contribution is 2.32. The number of alkyl halides is 3. The molecule has 0 saturated carbocycles. The van der Waals surface area contributed by atoms with Crippen molar-refractivity contribution < 1.29 is 21.6 Å². The molecule has 154 valence electrons. The first-order valence-corrected chi connectivity index (χ1v) is 10.2. The summed E-state index contributed by atoms with van der Waals surface area (Å²) < 4.78 is 68.0. The van der Waals surface area contributed by atoms with Gasteiger partial charge in [0, 0.05) is 11.1 Å². The van der Waals surface area contributed by atoms with E-state index >= 15 is 0 Å². The van der Waals surface area contributed by atoms with E-state index in [9.17, 15) is 21.6 Å². The van der Waals surface area contributed by atoms with Crippen LogP contribution < -0.4 is 4.72 Å². The zero-order chi connectivity index (χ0) is 21.4. The third kappa shape index (κ3) is 4.61. The molecule has 0 unspecified atom stereocenters. The maximum Gasteiger partial charge on any atom is 0.416 e. The zero-order valence-corrected chi connectivity index (χ0v) is 16.8. The van der Waals surface area contributed by atoms with Gasteiger partial charge in [-0.2, -0.15) is 18.3 Å². The summed E-state index contributed by atoms with van der Waals surface area (Å²) in [6, 6.07) is 12.9. The van der Waals surface area contributed by atoms with Crippen molar-refractivity contribution in [2.45, 2.75) is 37.3 Å². The Kier molecular flexibility index (Phi) is 5.20. The molecule has 5 nitrogen and oxygen atoms in total. The number of hydrogen-bond acceptors (Lipinski definition) is 3. The molecule has 0 atom stereocenters. The minimum atomic E-state index is -4.49. The Morgan fingerprint density at radius 1 is 0.931 bits per heavy atom. The van der Waals surface area contributed by atoms with E-state index in [1.807, 2.05) is 39.0 Å². The van der Waals surface area contributed by atoms with E-state index in [0.29, 0.717) is 11.4 Å². The van der Waals surface area contributed by atoms with Gasteiger partial charge in [0.25, 0.3) is 10.0 Å². The van der Waals surface area contributed by atoms with Crippen LogP contribution in [0.3, 0.4) is 0 Å². The second kappa shape index (κ2) is 7.22. The molecule has 3 aromatic rings. The standard InChI is InChI=1S/C20H20F3N3O2S/c1-19(2,3)18-17(13-26(24-18)16-7-5-4-6-8-16)29(27,28)25-15-11-9-14(10-12-15)20(21,22)23/h4-13,25H,1-3H3. The lowest BCUT2D eigenvalue weighted by Crippen LogP contribution is -2.20. The Bertz CT molecular complexity index is 1100. The van der Waals surface area contributed by atoms with E-state index in [1.165, 1.54) is 10.9 Å². The average molecular weight is 423 g/mol. The van der Waals surface area contributed by atoms with Gasteiger partial charge in [0.15, 0.2) is 0 Å². The van der Waals surface area contributed by atoms with E-state index in [-0.39, 0.29) is 10.6 Å². The van der Waals surface area contributed by atoms with Gasteiger partial charge < -0.3 is 0 Å². The van der Waals surface area contributed by atoms with E-state index < -0.39 is 27.2 Å². The number of nitrogens with one attached hydrogen (secondary N) is 1. The van der Waals surface area contributed by atoms with Gasteiger partial charge in [0.05, 0.1) is 23.1 Å². The molecule has 0 aliphatic heterocycles. The van der Waals surface area contributed by atoms with E-state index in [2.05, 4.69) is 9.82 Å². The molecule has 0 spiro atoms. The van der Waals surface area contributed by atoms with Crippen molar-refractivity contribution in [3.63, 3.8) is 0 Å². The minimum absolute atomic E-state index is 0.0327. The molecule has 9 heteroatoms. The summed E-state index contributed by atoms with van der Waals surface area (Å²) in [4.78, 5) is -0.0336. The zero-order valence-electron chi connectivity index (χ0n) is 16.0. The summed E-state index contributed by atoms with van der Waals surface area (Å²) in [7, 11) is -4.08. The minimum Gasteiger partial charge on any atom is -0.280 e. The first kappa shape index (κ1) is 20.9. The van der Waals surface area contributed by atoms with Gasteiger partial charge in [0.2, 0.25) is 0 Å². The summed E-state index contributed by atoms with van der Waals surface area (Å²) >= 11 is 0.